The first-order valence-electron chi connectivity index (χ1n) is 7.81. The molecule has 19 heavy (non-hydrogen) atoms. The van der Waals surface area contributed by atoms with Gasteiger partial charge in [0.05, 0.1) is 0 Å². The smallest absolute Gasteiger partial charge is 0.222 e. The fraction of sp³-hybridized carbons (Fsp3) is 0.933. The molecular formula is C15H28N2O2. The molecule has 2 fully saturated rings. The number of carbonyl (C=O) groups is 1. The van der Waals surface area contributed by atoms with E-state index in [9.17, 15) is 4.79 Å². The van der Waals surface area contributed by atoms with E-state index in [2.05, 4.69) is 4.90 Å². The van der Waals surface area contributed by atoms with E-state index in [1.807, 2.05) is 0 Å². The van der Waals surface area contributed by atoms with Gasteiger partial charge in [-0.3, -0.25) is 4.79 Å². The lowest BCUT2D eigenvalue weighted by molar-refractivity contribution is -0.131. The third-order valence-electron chi connectivity index (χ3n) is 4.69. The quantitative estimate of drug-likeness (QED) is 0.749. The summed E-state index contributed by atoms with van der Waals surface area (Å²) in [6.07, 6.45) is 8.56. The van der Waals surface area contributed by atoms with Crippen molar-refractivity contribution in [1.29, 1.82) is 0 Å². The van der Waals surface area contributed by atoms with Crippen LogP contribution in [0.1, 0.15) is 51.4 Å². The minimum absolute atomic E-state index is 0.358. The molecule has 2 N–H and O–H groups in total. The van der Waals surface area contributed by atoms with E-state index in [0.717, 1.165) is 77.8 Å². The molecule has 4 nitrogen and oxygen atoms in total. The lowest BCUT2D eigenvalue weighted by atomic mass is 9.80. The highest BCUT2D eigenvalue weighted by Crippen LogP contribution is 2.39. The molecule has 4 heteroatoms. The molecule has 0 aromatic heterocycles. The fourth-order valence-electron chi connectivity index (χ4n) is 3.29. The van der Waals surface area contributed by atoms with Crippen LogP contribution in [0.2, 0.25) is 0 Å². The zero-order chi connectivity index (χ0) is 13.6. The number of nitrogens with zero attached hydrogens (tertiary/aromatic N) is 1. The lowest BCUT2D eigenvalue weighted by Gasteiger charge is -2.33. The molecule has 0 aromatic rings. The van der Waals surface area contributed by atoms with E-state index in [1.165, 1.54) is 6.42 Å². The molecule has 0 atom stereocenters. The highest BCUT2D eigenvalue weighted by atomic mass is 16.5. The molecule has 2 aliphatic heterocycles. The molecule has 1 amide bonds. The average Bonchev–Trinajstić information content (AvgIpc) is 2.83. The maximum absolute atomic E-state index is 12.2. The van der Waals surface area contributed by atoms with Gasteiger partial charge in [0, 0.05) is 32.7 Å². The van der Waals surface area contributed by atoms with Gasteiger partial charge in [-0.15, -0.1) is 0 Å². The van der Waals surface area contributed by atoms with Crippen LogP contribution in [0.25, 0.3) is 0 Å². The molecule has 0 aromatic carbocycles. The van der Waals surface area contributed by atoms with Gasteiger partial charge in [0.1, 0.15) is 0 Å². The monoisotopic (exact) mass is 268 g/mol. The van der Waals surface area contributed by atoms with E-state index in [4.69, 9.17) is 10.5 Å². The van der Waals surface area contributed by atoms with Crippen LogP contribution in [0.3, 0.4) is 0 Å². The Morgan fingerprint density at radius 3 is 2.58 bits per heavy atom. The van der Waals surface area contributed by atoms with Crippen LogP contribution in [-0.2, 0) is 9.53 Å². The summed E-state index contributed by atoms with van der Waals surface area (Å²) in [4.78, 5) is 14.3. The van der Waals surface area contributed by atoms with Crippen molar-refractivity contribution >= 4 is 5.91 Å². The summed E-state index contributed by atoms with van der Waals surface area (Å²) in [5, 5.41) is 0. The average molecular weight is 268 g/mol. The molecule has 110 valence electrons. The van der Waals surface area contributed by atoms with Gasteiger partial charge in [-0.1, -0.05) is 12.8 Å². The topological polar surface area (TPSA) is 55.6 Å². The SMILES string of the molecule is NCCCCCCC(=O)N1CCC2(CCOCC2)C1. The van der Waals surface area contributed by atoms with Gasteiger partial charge < -0.3 is 15.4 Å². The largest absolute Gasteiger partial charge is 0.381 e. The van der Waals surface area contributed by atoms with Gasteiger partial charge in [-0.25, -0.2) is 0 Å². The molecule has 2 aliphatic rings. The molecule has 0 unspecified atom stereocenters. The first-order valence-corrected chi connectivity index (χ1v) is 7.81. The van der Waals surface area contributed by atoms with Crippen LogP contribution in [0.4, 0.5) is 0 Å². The molecule has 0 bridgehead atoms. The Kier molecular flexibility index (Phi) is 5.64. The Bertz CT molecular complexity index is 288. The van der Waals surface area contributed by atoms with Gasteiger partial charge >= 0.3 is 0 Å². The molecular weight excluding hydrogens is 240 g/mol. The maximum atomic E-state index is 12.2. The number of amides is 1. The third-order valence-corrected chi connectivity index (χ3v) is 4.69. The number of rotatable bonds is 6. The van der Waals surface area contributed by atoms with Crippen molar-refractivity contribution in [2.24, 2.45) is 11.1 Å². The van der Waals surface area contributed by atoms with Crippen molar-refractivity contribution in [2.45, 2.75) is 51.4 Å². The Morgan fingerprint density at radius 1 is 1.11 bits per heavy atom. The first-order chi connectivity index (χ1) is 9.26. The van der Waals surface area contributed by atoms with Crippen LogP contribution in [0.15, 0.2) is 0 Å². The van der Waals surface area contributed by atoms with Gasteiger partial charge in [-0.05, 0) is 44.1 Å². The molecule has 1 spiro atoms. The van der Waals surface area contributed by atoms with Gasteiger partial charge in [0.25, 0.3) is 0 Å². The first kappa shape index (κ1) is 14.8. The van der Waals surface area contributed by atoms with E-state index < -0.39 is 0 Å². The number of hydrogen-bond donors (Lipinski definition) is 1. The highest BCUT2D eigenvalue weighted by Gasteiger charge is 2.40. The van der Waals surface area contributed by atoms with E-state index in [-0.39, 0.29) is 0 Å². The molecule has 0 aliphatic carbocycles. The normalized spacial score (nSPS) is 22.1. The third kappa shape index (κ3) is 4.18. The van der Waals surface area contributed by atoms with Gasteiger partial charge in [0.15, 0.2) is 0 Å². The van der Waals surface area contributed by atoms with Crippen molar-refractivity contribution in [3.63, 3.8) is 0 Å². The molecule has 2 saturated heterocycles. The predicted octanol–water partition coefficient (Wildman–Crippen LogP) is 1.92. The number of likely N-dealkylation sites (tertiary alicyclic amines) is 1. The summed E-state index contributed by atoms with van der Waals surface area (Å²) in [5.74, 6) is 0.358. The highest BCUT2D eigenvalue weighted by molar-refractivity contribution is 5.76. The second-order valence-electron chi connectivity index (χ2n) is 6.13. The minimum Gasteiger partial charge on any atom is -0.381 e. The predicted molar refractivity (Wildman–Crippen MR) is 75.8 cm³/mol. The van der Waals surface area contributed by atoms with Crippen molar-refractivity contribution in [1.82, 2.24) is 4.90 Å². The van der Waals surface area contributed by atoms with E-state index >= 15 is 0 Å². The second kappa shape index (κ2) is 7.25. The van der Waals surface area contributed by atoms with Crippen molar-refractivity contribution in [3.05, 3.63) is 0 Å². The molecule has 2 heterocycles. The van der Waals surface area contributed by atoms with E-state index in [0.29, 0.717) is 11.3 Å². The molecule has 0 radical (unpaired) electrons. The Hall–Kier alpha value is -0.610. The van der Waals surface area contributed by atoms with Crippen LogP contribution in [0, 0.1) is 5.41 Å². The Labute approximate surface area is 116 Å². The number of hydrogen-bond acceptors (Lipinski definition) is 3. The molecule has 2 rings (SSSR count). The lowest BCUT2D eigenvalue weighted by Crippen LogP contribution is -2.35. The summed E-state index contributed by atoms with van der Waals surface area (Å²) >= 11 is 0. The molecule has 0 saturated carbocycles. The summed E-state index contributed by atoms with van der Waals surface area (Å²) in [6, 6.07) is 0. The maximum Gasteiger partial charge on any atom is 0.222 e. The van der Waals surface area contributed by atoms with E-state index in [1.54, 1.807) is 0 Å². The van der Waals surface area contributed by atoms with Crippen LogP contribution in [0.5, 0.6) is 0 Å². The van der Waals surface area contributed by atoms with Crippen LogP contribution >= 0.6 is 0 Å². The van der Waals surface area contributed by atoms with Gasteiger partial charge in [-0.2, -0.15) is 0 Å². The number of ether oxygens (including phenoxy) is 1. The van der Waals surface area contributed by atoms with Gasteiger partial charge in [0.2, 0.25) is 5.91 Å². The van der Waals surface area contributed by atoms with Crippen molar-refractivity contribution in [2.75, 3.05) is 32.8 Å². The Morgan fingerprint density at radius 2 is 1.84 bits per heavy atom. The number of carbonyl (C=O) groups excluding carboxylic acids is 1. The fourth-order valence-corrected chi connectivity index (χ4v) is 3.29. The zero-order valence-corrected chi connectivity index (χ0v) is 12.0. The van der Waals surface area contributed by atoms with Crippen LogP contribution in [-0.4, -0.2) is 43.7 Å². The number of unbranched alkanes of at least 4 members (excludes halogenated alkanes) is 3. The van der Waals surface area contributed by atoms with Crippen LogP contribution < -0.4 is 5.73 Å². The Balaban J connectivity index is 1.66. The number of nitrogens with two attached hydrogens (primary N) is 1. The summed E-state index contributed by atoms with van der Waals surface area (Å²) in [5.41, 5.74) is 5.85. The van der Waals surface area contributed by atoms with Crippen molar-refractivity contribution in [3.8, 4) is 0 Å². The summed E-state index contributed by atoms with van der Waals surface area (Å²) in [7, 11) is 0. The summed E-state index contributed by atoms with van der Waals surface area (Å²) < 4.78 is 5.44. The van der Waals surface area contributed by atoms with Crippen molar-refractivity contribution < 1.29 is 9.53 Å². The zero-order valence-electron chi connectivity index (χ0n) is 12.0. The second-order valence-corrected chi connectivity index (χ2v) is 6.13. The summed E-state index contributed by atoms with van der Waals surface area (Å²) in [6.45, 7) is 4.45. The standard InChI is InChI=1S/C15H28N2O2/c16-9-4-2-1-3-5-14(18)17-10-6-15(13-17)7-11-19-12-8-15/h1-13,16H2. The minimum atomic E-state index is 0.358.